The highest BCUT2D eigenvalue weighted by molar-refractivity contribution is 5.50. The van der Waals surface area contributed by atoms with Crippen LogP contribution in [0.1, 0.15) is 12.0 Å². The molecule has 3 rings (SSSR count). The van der Waals surface area contributed by atoms with Crippen LogP contribution in [-0.4, -0.2) is 9.91 Å². The van der Waals surface area contributed by atoms with Crippen LogP contribution in [-0.2, 0) is 6.42 Å². The Morgan fingerprint density at radius 2 is 1.90 bits per heavy atom. The SMILES string of the molecule is O=[N+]([O-])C1=C(Cc2ccncc2)C=CC2=CC=CC=C1C2. The molecule has 0 unspecified atom stereocenters. The van der Waals surface area contributed by atoms with Crippen LogP contribution in [0.4, 0.5) is 0 Å². The fourth-order valence-corrected chi connectivity index (χ4v) is 2.56. The van der Waals surface area contributed by atoms with Crippen LogP contribution in [0, 0.1) is 10.1 Å². The highest BCUT2D eigenvalue weighted by Crippen LogP contribution is 2.30. The Morgan fingerprint density at radius 3 is 2.67 bits per heavy atom. The molecule has 0 atom stereocenters. The molecule has 0 aliphatic heterocycles. The van der Waals surface area contributed by atoms with Gasteiger partial charge in [-0.05, 0) is 23.3 Å². The molecule has 2 aliphatic rings. The predicted molar refractivity (Wildman–Crippen MR) is 81.0 cm³/mol. The molecule has 0 saturated heterocycles. The van der Waals surface area contributed by atoms with E-state index < -0.39 is 0 Å². The van der Waals surface area contributed by atoms with Crippen LogP contribution in [0.5, 0.6) is 0 Å². The van der Waals surface area contributed by atoms with Crippen molar-refractivity contribution in [3.05, 3.63) is 99.1 Å². The number of nitro groups is 1. The standard InChI is InChI=1S/C17H14N2O2/c20-19(21)17-15-4-2-1-3-13(11-15)5-6-16(17)12-14-7-9-18-10-8-14/h1-10H,11-12H2. The number of allylic oxidation sites excluding steroid dienone is 9. The minimum absolute atomic E-state index is 0.220. The van der Waals surface area contributed by atoms with E-state index in [2.05, 4.69) is 4.98 Å². The maximum Gasteiger partial charge on any atom is 0.276 e. The summed E-state index contributed by atoms with van der Waals surface area (Å²) in [5, 5.41) is 11.5. The summed E-state index contributed by atoms with van der Waals surface area (Å²) in [6.45, 7) is 0. The zero-order valence-electron chi connectivity index (χ0n) is 11.4. The van der Waals surface area contributed by atoms with E-state index in [4.69, 9.17) is 0 Å². The number of hydrogen-bond acceptors (Lipinski definition) is 3. The second-order valence-corrected chi connectivity index (χ2v) is 4.99. The predicted octanol–water partition coefficient (Wildman–Crippen LogP) is 3.54. The number of rotatable bonds is 3. The first-order valence-electron chi connectivity index (χ1n) is 6.75. The van der Waals surface area contributed by atoms with Crippen LogP contribution < -0.4 is 0 Å². The van der Waals surface area contributed by atoms with Gasteiger partial charge in [-0.2, -0.15) is 0 Å². The highest BCUT2D eigenvalue weighted by atomic mass is 16.6. The zero-order chi connectivity index (χ0) is 14.7. The second-order valence-electron chi connectivity index (χ2n) is 4.99. The van der Waals surface area contributed by atoms with Gasteiger partial charge in [0.2, 0.25) is 0 Å². The number of aromatic nitrogens is 1. The van der Waals surface area contributed by atoms with Gasteiger partial charge in [0.15, 0.2) is 0 Å². The van der Waals surface area contributed by atoms with Gasteiger partial charge in [0.05, 0.1) is 4.92 Å². The Labute approximate surface area is 122 Å². The maximum atomic E-state index is 11.5. The van der Waals surface area contributed by atoms with Gasteiger partial charge in [0.1, 0.15) is 0 Å². The third-order valence-corrected chi connectivity index (χ3v) is 3.55. The number of fused-ring (bicyclic) bond motifs is 2. The summed E-state index contributed by atoms with van der Waals surface area (Å²) in [7, 11) is 0. The van der Waals surface area contributed by atoms with Crippen molar-refractivity contribution in [2.75, 3.05) is 0 Å². The van der Waals surface area contributed by atoms with E-state index in [-0.39, 0.29) is 10.6 Å². The van der Waals surface area contributed by atoms with E-state index >= 15 is 0 Å². The van der Waals surface area contributed by atoms with Gasteiger partial charge in [-0.1, -0.05) is 36.5 Å². The average Bonchev–Trinajstić information content (AvgIpc) is 2.80. The third kappa shape index (κ3) is 2.89. The van der Waals surface area contributed by atoms with Crippen molar-refractivity contribution in [1.29, 1.82) is 0 Å². The van der Waals surface area contributed by atoms with Crippen molar-refractivity contribution in [3.8, 4) is 0 Å². The molecule has 0 radical (unpaired) electrons. The molecule has 0 fully saturated rings. The molecule has 0 aromatic carbocycles. The fraction of sp³-hybridized carbons (Fsp3) is 0.118. The summed E-state index contributed by atoms with van der Waals surface area (Å²) in [5.41, 5.74) is 3.81. The first-order chi connectivity index (χ1) is 10.2. The van der Waals surface area contributed by atoms with Crippen molar-refractivity contribution < 1.29 is 4.92 Å². The molecule has 104 valence electrons. The molecule has 21 heavy (non-hydrogen) atoms. The molecule has 0 spiro atoms. The molecular weight excluding hydrogens is 264 g/mol. The first-order valence-corrected chi connectivity index (χ1v) is 6.75. The normalized spacial score (nSPS) is 17.0. The van der Waals surface area contributed by atoms with Gasteiger partial charge in [0.25, 0.3) is 5.70 Å². The topological polar surface area (TPSA) is 56.0 Å². The Bertz CT molecular complexity index is 722. The van der Waals surface area contributed by atoms with Gasteiger partial charge in [-0.25, -0.2) is 0 Å². The fourth-order valence-electron chi connectivity index (χ4n) is 2.56. The average molecular weight is 278 g/mol. The zero-order valence-corrected chi connectivity index (χ0v) is 11.4. The molecule has 1 aromatic heterocycles. The molecule has 0 N–H and O–H groups in total. The quantitative estimate of drug-likeness (QED) is 0.627. The molecule has 1 aromatic rings. The summed E-state index contributed by atoms with van der Waals surface area (Å²) in [6.07, 6.45) is 16.0. The first kappa shape index (κ1) is 13.2. The van der Waals surface area contributed by atoms with Crippen LogP contribution in [0.25, 0.3) is 0 Å². The summed E-state index contributed by atoms with van der Waals surface area (Å²) in [5.74, 6) is 0. The number of nitrogens with zero attached hydrogens (tertiary/aromatic N) is 2. The van der Waals surface area contributed by atoms with Gasteiger partial charge in [0, 0.05) is 36.4 Å². The Balaban J connectivity index is 2.08. The van der Waals surface area contributed by atoms with E-state index in [1.165, 1.54) is 0 Å². The molecule has 2 bridgehead atoms. The largest absolute Gasteiger partial charge is 0.276 e. The molecule has 2 aliphatic carbocycles. The van der Waals surface area contributed by atoms with Crippen molar-refractivity contribution in [2.45, 2.75) is 12.8 Å². The molecule has 4 heteroatoms. The van der Waals surface area contributed by atoms with E-state index in [0.29, 0.717) is 12.8 Å². The smallest absolute Gasteiger partial charge is 0.265 e. The Hall–Kier alpha value is -2.75. The van der Waals surface area contributed by atoms with Crippen molar-refractivity contribution in [2.24, 2.45) is 0 Å². The van der Waals surface area contributed by atoms with Gasteiger partial charge in [-0.3, -0.25) is 15.1 Å². The number of pyridine rings is 1. The summed E-state index contributed by atoms with van der Waals surface area (Å²) >= 11 is 0. The second kappa shape index (κ2) is 5.71. The van der Waals surface area contributed by atoms with E-state index in [0.717, 1.165) is 22.3 Å². The summed E-state index contributed by atoms with van der Waals surface area (Å²) in [6, 6.07) is 3.77. The lowest BCUT2D eigenvalue weighted by molar-refractivity contribution is -0.422. The van der Waals surface area contributed by atoms with Crippen molar-refractivity contribution in [3.63, 3.8) is 0 Å². The minimum Gasteiger partial charge on any atom is -0.265 e. The van der Waals surface area contributed by atoms with E-state index in [9.17, 15) is 10.1 Å². The highest BCUT2D eigenvalue weighted by Gasteiger charge is 2.25. The molecule has 0 saturated carbocycles. The van der Waals surface area contributed by atoms with Crippen LogP contribution in [0.3, 0.4) is 0 Å². The van der Waals surface area contributed by atoms with Gasteiger partial charge >= 0.3 is 0 Å². The summed E-state index contributed by atoms with van der Waals surface area (Å²) < 4.78 is 0. The Morgan fingerprint density at radius 1 is 1.14 bits per heavy atom. The summed E-state index contributed by atoms with van der Waals surface area (Å²) in [4.78, 5) is 15.2. The lowest BCUT2D eigenvalue weighted by atomic mass is 10.00. The molecular formula is C17H14N2O2. The van der Waals surface area contributed by atoms with E-state index in [1.54, 1.807) is 12.4 Å². The van der Waals surface area contributed by atoms with Crippen LogP contribution in [0.15, 0.2) is 83.4 Å². The minimum atomic E-state index is -0.269. The third-order valence-electron chi connectivity index (χ3n) is 3.55. The lowest BCUT2D eigenvalue weighted by Gasteiger charge is -2.06. The molecule has 0 amide bonds. The van der Waals surface area contributed by atoms with Crippen LogP contribution in [0.2, 0.25) is 0 Å². The molecule has 1 heterocycles. The van der Waals surface area contributed by atoms with Crippen molar-refractivity contribution >= 4 is 0 Å². The van der Waals surface area contributed by atoms with Gasteiger partial charge in [-0.15, -0.1) is 0 Å². The van der Waals surface area contributed by atoms with Crippen LogP contribution >= 0.6 is 0 Å². The van der Waals surface area contributed by atoms with E-state index in [1.807, 2.05) is 48.6 Å². The molecule has 4 nitrogen and oxygen atoms in total. The van der Waals surface area contributed by atoms with Gasteiger partial charge < -0.3 is 0 Å². The monoisotopic (exact) mass is 278 g/mol. The lowest BCUT2D eigenvalue weighted by Crippen LogP contribution is -2.06. The van der Waals surface area contributed by atoms with Crippen molar-refractivity contribution in [1.82, 2.24) is 4.98 Å². The maximum absolute atomic E-state index is 11.5. The number of hydrogen-bond donors (Lipinski definition) is 0. The Kier molecular flexibility index (Phi) is 3.60.